The summed E-state index contributed by atoms with van der Waals surface area (Å²) >= 11 is 0. The van der Waals surface area contributed by atoms with Crippen LogP contribution in [0.2, 0.25) is 0 Å². The van der Waals surface area contributed by atoms with Crippen molar-refractivity contribution >= 4 is 0 Å². The largest absolute Gasteiger partial charge is 0.0654 e. The van der Waals surface area contributed by atoms with E-state index in [-0.39, 0.29) is 37.9 Å². The van der Waals surface area contributed by atoms with Crippen molar-refractivity contribution in [1.82, 2.24) is 0 Å². The highest BCUT2D eigenvalue weighted by Gasteiger charge is 2.77. The minimum absolute atomic E-state index is 0.0190. The van der Waals surface area contributed by atoms with Crippen LogP contribution in [0.5, 0.6) is 0 Å². The van der Waals surface area contributed by atoms with E-state index in [0.29, 0.717) is 47.3 Å². The molecule has 0 fully saturated rings. The Kier molecular flexibility index (Phi) is 58.8. The minimum Gasteiger partial charge on any atom is -0.0654 e. The second kappa shape index (κ2) is 58.8. The molecule has 0 aromatic carbocycles. The van der Waals surface area contributed by atoms with Crippen LogP contribution in [0.1, 0.15) is 560 Å². The van der Waals surface area contributed by atoms with E-state index in [9.17, 15) is 0 Å². The van der Waals surface area contributed by atoms with E-state index in [2.05, 4.69) is 194 Å². The van der Waals surface area contributed by atoms with Gasteiger partial charge in [0, 0.05) is 0 Å². The van der Waals surface area contributed by atoms with E-state index in [1.54, 1.807) is 0 Å². The fourth-order valence-corrected chi connectivity index (χ4v) is 25.0. The van der Waals surface area contributed by atoms with Gasteiger partial charge in [-0.25, -0.2) is 0 Å². The molecule has 0 saturated carbocycles. The van der Waals surface area contributed by atoms with E-state index >= 15 is 0 Å². The molecule has 0 N–H and O–H groups in total. The average molecular weight is 1460 g/mol. The third-order valence-corrected chi connectivity index (χ3v) is 31.5. The fraction of sp³-hybridized carbons (Fsp3) is 1.00. The molecule has 0 aliphatic carbocycles. The van der Waals surface area contributed by atoms with Gasteiger partial charge in [0.1, 0.15) is 0 Å². The van der Waals surface area contributed by atoms with Crippen LogP contribution in [-0.2, 0) is 0 Å². The van der Waals surface area contributed by atoms with E-state index in [0.717, 1.165) is 23.7 Å². The summed E-state index contributed by atoms with van der Waals surface area (Å²) < 4.78 is 0. The van der Waals surface area contributed by atoms with Crippen molar-refractivity contribution in [2.24, 2.45) is 109 Å². The number of rotatable bonds is 75. The summed E-state index contributed by atoms with van der Waals surface area (Å²) in [5, 5.41) is 0. The molecule has 0 heterocycles. The van der Waals surface area contributed by atoms with Crippen molar-refractivity contribution in [3.8, 4) is 0 Å². The highest BCUT2D eigenvalue weighted by molar-refractivity contribution is 5.25. The lowest BCUT2D eigenvalue weighted by atomic mass is 9.24. The molecule has 0 aliphatic rings. The van der Waals surface area contributed by atoms with Gasteiger partial charge in [-0.05, 0) is 173 Å². The van der Waals surface area contributed by atoms with Crippen molar-refractivity contribution in [2.45, 2.75) is 560 Å². The van der Waals surface area contributed by atoms with Crippen molar-refractivity contribution in [1.29, 1.82) is 0 Å². The van der Waals surface area contributed by atoms with Gasteiger partial charge in [-0.2, -0.15) is 0 Å². The lowest BCUT2D eigenvalue weighted by Gasteiger charge is -2.80. The van der Waals surface area contributed by atoms with E-state index in [1.807, 2.05) is 0 Å². The van der Waals surface area contributed by atoms with Crippen molar-refractivity contribution < 1.29 is 0 Å². The predicted molar refractivity (Wildman–Crippen MR) is 481 cm³/mol. The lowest BCUT2D eigenvalue weighted by Crippen LogP contribution is -2.74. The first-order valence-electron chi connectivity index (χ1n) is 49.6. The van der Waals surface area contributed by atoms with Crippen LogP contribution < -0.4 is 0 Å². The maximum Gasteiger partial charge on any atom is -0.0115 e. The van der Waals surface area contributed by atoms with Crippen LogP contribution in [0.25, 0.3) is 0 Å². The third kappa shape index (κ3) is 33.2. The van der Waals surface area contributed by atoms with Gasteiger partial charge in [0.2, 0.25) is 0 Å². The topological polar surface area (TPSA) is 0 Å². The van der Waals surface area contributed by atoms with Gasteiger partial charge in [0.25, 0.3) is 0 Å². The van der Waals surface area contributed by atoms with Crippen molar-refractivity contribution in [2.75, 3.05) is 0 Å². The lowest BCUT2D eigenvalue weighted by molar-refractivity contribution is -0.323. The van der Waals surface area contributed by atoms with E-state index < -0.39 is 0 Å². The Morgan fingerprint density at radius 2 is 0.635 bits per heavy atom. The zero-order chi connectivity index (χ0) is 78.7. The second-order valence-corrected chi connectivity index (χ2v) is 40.8. The standard InChI is InChI=1S/C104H210/c1-29-44-53-55-63-80-100(26,97(69-43-15)88(18)70-52-37-9)104(84-95(68-42-14)75-60-50-35-7,103(90(20)87(17)71-56-46-31-3,83-94(67-41-13)74-59-49-34-6)91(21)99(24,25)79-62-54-45-30-2)102(28,89(19)77-76-86(16)64-38-10)101(27,82-93(66-40-12)73-58-48-33-5)96(85-98(22,23)78-61-51-36-8)81-92(65-39-11)72-57-47-32-4/h86-97H,29-85H2,1-28H3. The molecule has 0 amide bonds. The molecule has 626 valence electrons. The van der Waals surface area contributed by atoms with Crippen molar-refractivity contribution in [3.05, 3.63) is 0 Å². The molecule has 0 aliphatic heterocycles. The maximum atomic E-state index is 3.44. The smallest absolute Gasteiger partial charge is 0.0115 e. The molecule has 0 aromatic heterocycles. The van der Waals surface area contributed by atoms with Gasteiger partial charge in [-0.15, -0.1) is 0 Å². The normalized spacial score (nSPS) is 19.2. The predicted octanol–water partition coefficient (Wildman–Crippen LogP) is 38.1. The molecule has 0 radical (unpaired) electrons. The van der Waals surface area contributed by atoms with Gasteiger partial charge in [0.05, 0.1) is 0 Å². The highest BCUT2D eigenvalue weighted by Crippen LogP contribution is 2.83. The fourth-order valence-electron chi connectivity index (χ4n) is 25.0. The summed E-state index contributed by atoms with van der Waals surface area (Å²) in [6.07, 6.45) is 79.2. The Morgan fingerprint density at radius 3 is 1.11 bits per heavy atom. The zero-order valence-electron chi connectivity index (χ0n) is 78.7. The molecule has 0 nitrogen and oxygen atoms in total. The molecule has 0 aromatic rings. The Balaban J connectivity index is 13.1. The molecule has 17 atom stereocenters. The van der Waals surface area contributed by atoms with E-state index in [4.69, 9.17) is 0 Å². The highest BCUT2D eigenvalue weighted by atomic mass is 14.8. The maximum absolute atomic E-state index is 3.44. The van der Waals surface area contributed by atoms with Crippen LogP contribution >= 0.6 is 0 Å². The summed E-state index contributed by atoms with van der Waals surface area (Å²) in [7, 11) is 0. The molecule has 0 bridgehead atoms. The Morgan fingerprint density at radius 1 is 0.260 bits per heavy atom. The number of hydrogen-bond acceptors (Lipinski definition) is 0. The monoisotopic (exact) mass is 1460 g/mol. The molecule has 104 heavy (non-hydrogen) atoms. The third-order valence-electron chi connectivity index (χ3n) is 31.5. The molecule has 17 unspecified atom stereocenters. The molecule has 0 spiro atoms. The Labute approximate surface area is 664 Å². The van der Waals surface area contributed by atoms with Crippen LogP contribution in [0.4, 0.5) is 0 Å². The summed E-state index contributed by atoms with van der Waals surface area (Å²) in [6.45, 7) is 78.5. The SMILES string of the molecule is CCCCCCCC(C)(C(CCC)C(C)CCCC)C(CC(CCC)CCCCC)(C(CC(CCC)CCCCC)(C(C)C(C)CCCCC)C(C)C(C)(C)CCCCCC)C(C)(C(C)CCC(C)CCC)C(C)(CC(CCC)CCCCC)C(CC(CCC)CCCCC)CC(C)(C)CCCCC. The molecule has 0 heteroatoms. The first kappa shape index (κ1) is 104. The van der Waals surface area contributed by atoms with Crippen LogP contribution in [0.3, 0.4) is 0 Å². The molecular formula is C104H210. The van der Waals surface area contributed by atoms with Crippen molar-refractivity contribution in [3.63, 3.8) is 0 Å². The van der Waals surface area contributed by atoms with E-state index in [1.165, 1.54) is 366 Å². The summed E-state index contributed by atoms with van der Waals surface area (Å²) in [6, 6.07) is 0. The minimum atomic E-state index is -0.0253. The van der Waals surface area contributed by atoms with Gasteiger partial charge >= 0.3 is 0 Å². The molecule has 0 rings (SSSR count). The first-order chi connectivity index (χ1) is 49.6. The van der Waals surface area contributed by atoms with Crippen LogP contribution in [0.15, 0.2) is 0 Å². The second-order valence-electron chi connectivity index (χ2n) is 40.8. The number of hydrogen-bond donors (Lipinski definition) is 0. The van der Waals surface area contributed by atoms with Crippen LogP contribution in [-0.4, -0.2) is 0 Å². The molecular weight excluding hydrogens is 1250 g/mol. The summed E-state index contributed by atoms with van der Waals surface area (Å²) in [4.78, 5) is 0. The summed E-state index contributed by atoms with van der Waals surface area (Å²) in [5.74, 6) is 8.05. The zero-order valence-corrected chi connectivity index (χ0v) is 78.7. The average Bonchev–Trinajstić information content (AvgIpc) is 0.655. The van der Waals surface area contributed by atoms with Gasteiger partial charge in [0.15, 0.2) is 0 Å². The first-order valence-corrected chi connectivity index (χ1v) is 49.6. The van der Waals surface area contributed by atoms with Gasteiger partial charge < -0.3 is 0 Å². The Hall–Kier alpha value is 0. The molecule has 0 saturated heterocycles. The quantitative estimate of drug-likeness (QED) is 0.0533. The number of unbranched alkanes of at least 4 members (excludes halogenated alkanes) is 20. The van der Waals surface area contributed by atoms with Crippen LogP contribution in [0, 0.1) is 109 Å². The Bertz CT molecular complexity index is 1900. The summed E-state index contributed by atoms with van der Waals surface area (Å²) in [5.41, 5.74) is 0.534. The van der Waals surface area contributed by atoms with Gasteiger partial charge in [-0.3, -0.25) is 0 Å². The van der Waals surface area contributed by atoms with Gasteiger partial charge in [-0.1, -0.05) is 496 Å².